The van der Waals surface area contributed by atoms with Gasteiger partial charge in [0, 0.05) is 19.1 Å². The van der Waals surface area contributed by atoms with Crippen molar-refractivity contribution in [2.45, 2.75) is 45.3 Å². The number of nitrogens with one attached hydrogen (secondary N) is 2. The van der Waals surface area contributed by atoms with Gasteiger partial charge in [0.25, 0.3) is 10.0 Å². The highest BCUT2D eigenvalue weighted by atomic mass is 32.2. The molecule has 0 aliphatic heterocycles. The first kappa shape index (κ1) is 21.5. The Balaban J connectivity index is 2.62. The predicted molar refractivity (Wildman–Crippen MR) is 90.0 cm³/mol. The summed E-state index contributed by atoms with van der Waals surface area (Å²) >= 11 is 0. The van der Waals surface area contributed by atoms with E-state index in [9.17, 15) is 18.0 Å². The van der Waals surface area contributed by atoms with E-state index in [0.717, 1.165) is 13.3 Å². The number of aromatic nitrogens is 4. The van der Waals surface area contributed by atoms with Crippen molar-refractivity contribution in [2.75, 3.05) is 12.9 Å². The maximum Gasteiger partial charge on any atom is 0.408 e. The molecule has 0 unspecified atom stereocenters. The van der Waals surface area contributed by atoms with Crippen LogP contribution in [0.5, 0.6) is 0 Å². The highest BCUT2D eigenvalue weighted by Crippen LogP contribution is 2.07. The van der Waals surface area contributed by atoms with E-state index in [-0.39, 0.29) is 24.4 Å². The average molecular weight is 390 g/mol. The number of nitrogens with zero attached hydrogens (tertiary/aromatic N) is 4. The number of aryl methyl sites for hydroxylation is 1. The van der Waals surface area contributed by atoms with E-state index >= 15 is 0 Å². The summed E-state index contributed by atoms with van der Waals surface area (Å²) in [6.45, 7) is 4.99. The monoisotopic (exact) mass is 390 g/mol. The smallest absolute Gasteiger partial charge is 0.408 e. The number of amides is 1. The molecule has 0 saturated carbocycles. The van der Waals surface area contributed by atoms with E-state index in [4.69, 9.17) is 4.74 Å². The third-order valence-electron chi connectivity index (χ3n) is 2.73. The Morgan fingerprint density at radius 2 is 2.08 bits per heavy atom. The number of methoxy groups -OCH3 is 1. The molecule has 0 saturated heterocycles. The third kappa shape index (κ3) is 8.50. The zero-order valence-corrected chi connectivity index (χ0v) is 15.7. The summed E-state index contributed by atoms with van der Waals surface area (Å²) in [5, 5.41) is 15.1. The van der Waals surface area contributed by atoms with E-state index in [1.165, 1.54) is 0 Å². The van der Waals surface area contributed by atoms with Gasteiger partial charge in [-0.25, -0.2) is 18.0 Å². The number of hydrogen-bond acceptors (Lipinski definition) is 9. The first-order valence-corrected chi connectivity index (χ1v) is 9.19. The van der Waals surface area contributed by atoms with Crippen molar-refractivity contribution >= 4 is 28.3 Å². The minimum Gasteiger partial charge on any atom is -0.467 e. The van der Waals surface area contributed by atoms with E-state index in [1.807, 2.05) is 0 Å². The van der Waals surface area contributed by atoms with Gasteiger partial charge in [-0.3, -0.25) is 0 Å². The Morgan fingerprint density at radius 3 is 2.62 bits per heavy atom. The molecule has 0 aliphatic carbocycles. The molecule has 146 valence electrons. The molecule has 1 rings (SSSR count). The minimum atomic E-state index is -3.79. The van der Waals surface area contributed by atoms with Crippen LogP contribution in [0.25, 0.3) is 0 Å². The number of ether oxygens (including phenoxy) is 2. The van der Waals surface area contributed by atoms with Crippen molar-refractivity contribution in [3.63, 3.8) is 0 Å². The molecule has 1 aromatic heterocycles. The molecule has 1 heterocycles. The maximum atomic E-state index is 11.8. The quantitative estimate of drug-likeness (QED) is 0.443. The van der Waals surface area contributed by atoms with Crippen molar-refractivity contribution < 1.29 is 27.5 Å². The van der Waals surface area contributed by atoms with Crippen molar-refractivity contribution in [3.05, 3.63) is 5.82 Å². The second-order valence-electron chi connectivity index (χ2n) is 6.11. The summed E-state index contributed by atoms with van der Waals surface area (Å²) in [6, 6.07) is -1.13. The van der Waals surface area contributed by atoms with Gasteiger partial charge in [-0.15, -0.1) is 10.2 Å². The van der Waals surface area contributed by atoms with Crippen LogP contribution in [0.15, 0.2) is 4.40 Å². The first-order valence-electron chi connectivity index (χ1n) is 7.58. The number of H-pyrrole nitrogens is 1. The van der Waals surface area contributed by atoms with Crippen LogP contribution in [-0.2, 0) is 30.7 Å². The van der Waals surface area contributed by atoms with Gasteiger partial charge in [0.15, 0.2) is 5.82 Å². The highest BCUT2D eigenvalue weighted by molar-refractivity contribution is 7.90. The molecule has 26 heavy (non-hydrogen) atoms. The van der Waals surface area contributed by atoms with Gasteiger partial charge < -0.3 is 14.8 Å². The summed E-state index contributed by atoms with van der Waals surface area (Å²) in [5.41, 5.74) is -0.753. The molecule has 1 aromatic rings. The van der Waals surface area contributed by atoms with Crippen molar-refractivity contribution in [1.29, 1.82) is 0 Å². The fourth-order valence-electron chi connectivity index (χ4n) is 1.63. The first-order chi connectivity index (χ1) is 12.0. The zero-order valence-electron chi connectivity index (χ0n) is 14.9. The van der Waals surface area contributed by atoms with Crippen LogP contribution < -0.4 is 5.32 Å². The number of carbonyl (C=O) groups excluding carboxylic acids is 2. The molecular formula is C13H22N6O6S. The van der Waals surface area contributed by atoms with Crippen molar-refractivity contribution in [3.8, 4) is 0 Å². The van der Waals surface area contributed by atoms with Crippen LogP contribution in [0.3, 0.4) is 0 Å². The molecule has 12 nitrogen and oxygen atoms in total. The van der Waals surface area contributed by atoms with Crippen LogP contribution in [0, 0.1) is 0 Å². The molecule has 13 heteroatoms. The van der Waals surface area contributed by atoms with E-state index in [1.54, 1.807) is 20.8 Å². The molecule has 1 atom stereocenters. The number of sulfonamides is 1. The number of aromatic amines is 1. The van der Waals surface area contributed by atoms with Crippen LogP contribution in [-0.4, -0.2) is 71.8 Å². The lowest BCUT2D eigenvalue weighted by Crippen LogP contribution is -2.44. The lowest BCUT2D eigenvalue weighted by Gasteiger charge is -2.22. The average Bonchev–Trinajstić information content (AvgIpc) is 3.03. The Morgan fingerprint density at radius 1 is 1.38 bits per heavy atom. The summed E-state index contributed by atoms with van der Waals surface area (Å²) in [7, 11) is -2.65. The Labute approximate surface area is 150 Å². The minimum absolute atomic E-state index is 0.0345. The summed E-state index contributed by atoms with van der Waals surface area (Å²) in [6.07, 6.45) is 0.0335. The number of carbonyl (C=O) groups is 2. The van der Waals surface area contributed by atoms with Gasteiger partial charge >= 0.3 is 12.1 Å². The Kier molecular flexibility index (Phi) is 7.61. The molecule has 0 aliphatic rings. The van der Waals surface area contributed by atoms with E-state index < -0.39 is 33.7 Å². The highest BCUT2D eigenvalue weighted by Gasteiger charge is 2.24. The fraction of sp³-hybridized carbons (Fsp3) is 0.692. The third-order valence-corrected chi connectivity index (χ3v) is 3.92. The number of rotatable bonds is 8. The van der Waals surface area contributed by atoms with Crippen molar-refractivity contribution in [1.82, 2.24) is 25.9 Å². The molecule has 0 radical (unpaired) electrons. The largest absolute Gasteiger partial charge is 0.467 e. The van der Waals surface area contributed by atoms with E-state index in [0.29, 0.717) is 0 Å². The van der Waals surface area contributed by atoms with Gasteiger partial charge in [-0.2, -0.15) is 9.61 Å². The van der Waals surface area contributed by atoms with Gasteiger partial charge in [0.2, 0.25) is 0 Å². The molecule has 1 amide bonds. The molecule has 0 bridgehead atoms. The number of tetrazole rings is 1. The summed E-state index contributed by atoms with van der Waals surface area (Å²) < 4.78 is 36.8. The standard InChI is InChI=1S/C13H22N6O6S/c1-13(2,3)25-12(21)15-9(11(20)24-4)5-7-14-26(22,23)8-6-10-16-18-19-17-10/h7,9H,5-6,8H2,1-4H3,(H,15,21)(H,16,17,18,19)/t9-/m0/s1. The molecular weight excluding hydrogens is 368 g/mol. The SMILES string of the molecule is COC(=O)[C@H](CC=NS(=O)(=O)CCc1nn[nH]n1)NC(=O)OC(C)(C)C. The fourth-order valence-corrected chi connectivity index (χ4v) is 2.49. The predicted octanol–water partition coefficient (Wildman–Crippen LogP) is -0.401. The second-order valence-corrected chi connectivity index (χ2v) is 7.89. The van der Waals surface area contributed by atoms with Gasteiger partial charge in [-0.1, -0.05) is 5.21 Å². The Hall–Kier alpha value is -2.57. The number of esters is 1. The Bertz CT molecular complexity index is 725. The van der Waals surface area contributed by atoms with Gasteiger partial charge in [0.05, 0.1) is 12.9 Å². The topological polar surface area (TPSA) is 166 Å². The zero-order chi connectivity index (χ0) is 19.8. The number of alkyl carbamates (subject to hydrolysis) is 1. The molecule has 0 spiro atoms. The van der Waals surface area contributed by atoms with E-state index in [2.05, 4.69) is 35.1 Å². The van der Waals surface area contributed by atoms with Crippen molar-refractivity contribution in [2.24, 2.45) is 4.40 Å². The molecule has 0 aromatic carbocycles. The van der Waals surface area contributed by atoms with Crippen LogP contribution in [0.1, 0.15) is 33.0 Å². The number of hydrogen-bond donors (Lipinski definition) is 2. The van der Waals surface area contributed by atoms with Gasteiger partial charge in [0.1, 0.15) is 11.6 Å². The molecule has 2 N–H and O–H groups in total. The van der Waals surface area contributed by atoms with Crippen LogP contribution >= 0.6 is 0 Å². The lowest BCUT2D eigenvalue weighted by molar-refractivity contribution is -0.142. The second kappa shape index (κ2) is 9.22. The molecule has 0 fully saturated rings. The van der Waals surface area contributed by atoms with Crippen LogP contribution in [0.2, 0.25) is 0 Å². The lowest BCUT2D eigenvalue weighted by atomic mass is 10.2. The van der Waals surface area contributed by atoms with Crippen LogP contribution in [0.4, 0.5) is 4.79 Å². The summed E-state index contributed by atoms with van der Waals surface area (Å²) in [5.74, 6) is -0.847. The maximum absolute atomic E-state index is 11.8. The summed E-state index contributed by atoms with van der Waals surface area (Å²) in [4.78, 5) is 23.5. The van der Waals surface area contributed by atoms with Gasteiger partial charge in [-0.05, 0) is 20.8 Å². The normalized spacial score (nSPS) is 13.4.